The lowest BCUT2D eigenvalue weighted by Gasteiger charge is -2.29. The number of allylic oxidation sites excluding steroid dienone is 1. The van der Waals surface area contributed by atoms with E-state index < -0.39 is 64.4 Å². The Morgan fingerprint density at radius 1 is 0.789 bits per heavy atom. The normalized spacial score (nSPS) is 18.8. The van der Waals surface area contributed by atoms with E-state index in [0.29, 0.717) is 30.2 Å². The molecule has 0 heterocycles. The molecule has 210 valence electrons. The van der Waals surface area contributed by atoms with Crippen LogP contribution >= 0.6 is 0 Å². The van der Waals surface area contributed by atoms with Gasteiger partial charge in [-0.2, -0.15) is 22.0 Å². The summed E-state index contributed by atoms with van der Waals surface area (Å²) in [5, 5.41) is 0. The Morgan fingerprint density at radius 3 is 1.82 bits per heavy atom. The van der Waals surface area contributed by atoms with Gasteiger partial charge in [0.2, 0.25) is 0 Å². The Labute approximate surface area is 215 Å². The van der Waals surface area contributed by atoms with Crippen LogP contribution in [-0.4, -0.2) is 12.3 Å². The molecule has 0 unspecified atom stereocenters. The van der Waals surface area contributed by atoms with Gasteiger partial charge >= 0.3 is 12.3 Å². The van der Waals surface area contributed by atoms with Gasteiger partial charge in [-0.3, -0.25) is 0 Å². The minimum Gasteiger partial charge on any atom is -0.432 e. The number of alkyl halides is 5. The molecule has 0 amide bonds. The minimum atomic E-state index is -4.83. The first-order chi connectivity index (χ1) is 17.8. The molecule has 1 aliphatic rings. The zero-order valence-corrected chi connectivity index (χ0v) is 20.8. The predicted molar refractivity (Wildman–Crippen MR) is 127 cm³/mol. The molecular formula is C28H29F9O. The van der Waals surface area contributed by atoms with Crippen LogP contribution in [0.3, 0.4) is 0 Å². The number of ether oxygens (including phenoxy) is 1. The van der Waals surface area contributed by atoms with Crippen molar-refractivity contribution in [2.45, 2.75) is 77.0 Å². The van der Waals surface area contributed by atoms with Gasteiger partial charge in [0, 0.05) is 23.8 Å². The van der Waals surface area contributed by atoms with Crippen LogP contribution in [0.4, 0.5) is 39.5 Å². The van der Waals surface area contributed by atoms with Gasteiger partial charge < -0.3 is 4.74 Å². The summed E-state index contributed by atoms with van der Waals surface area (Å²) in [4.78, 5) is 0. The highest BCUT2D eigenvalue weighted by molar-refractivity contribution is 5.68. The van der Waals surface area contributed by atoms with Crippen molar-refractivity contribution in [2.75, 3.05) is 0 Å². The summed E-state index contributed by atoms with van der Waals surface area (Å²) in [5.74, 6) is -5.91. The van der Waals surface area contributed by atoms with E-state index in [0.717, 1.165) is 44.9 Å². The van der Waals surface area contributed by atoms with Crippen molar-refractivity contribution < 1.29 is 44.3 Å². The molecule has 0 N–H and O–H groups in total. The van der Waals surface area contributed by atoms with E-state index in [-0.39, 0.29) is 24.5 Å². The first-order valence-corrected chi connectivity index (χ1v) is 12.6. The SMILES string of the molecule is CCCCC1CCC(CCC(F)(F)Oc2cc(F)c(-c3cc(F)c(/C=C/C(F)(F)F)c(F)c3)c(F)c2)CC1. The summed E-state index contributed by atoms with van der Waals surface area (Å²) in [7, 11) is 0. The minimum absolute atomic E-state index is 0.122. The Kier molecular flexibility index (Phi) is 9.81. The maximum absolute atomic E-state index is 14.7. The number of unbranched alkanes of at least 4 members (excludes halogenated alkanes) is 1. The van der Waals surface area contributed by atoms with Crippen molar-refractivity contribution >= 4 is 6.08 Å². The first-order valence-electron chi connectivity index (χ1n) is 12.6. The van der Waals surface area contributed by atoms with Crippen LogP contribution in [0.5, 0.6) is 5.75 Å². The van der Waals surface area contributed by atoms with Crippen molar-refractivity contribution in [2.24, 2.45) is 11.8 Å². The Bertz CT molecular complexity index is 1070. The molecule has 0 bridgehead atoms. The van der Waals surface area contributed by atoms with Crippen LogP contribution in [0.15, 0.2) is 30.3 Å². The highest BCUT2D eigenvalue weighted by atomic mass is 19.4. The maximum atomic E-state index is 14.7. The molecule has 1 aliphatic carbocycles. The van der Waals surface area contributed by atoms with Gasteiger partial charge in [0.05, 0.1) is 12.0 Å². The van der Waals surface area contributed by atoms with Gasteiger partial charge in [0.25, 0.3) is 0 Å². The van der Waals surface area contributed by atoms with Gasteiger partial charge in [-0.25, -0.2) is 17.6 Å². The highest BCUT2D eigenvalue weighted by Crippen LogP contribution is 2.38. The third kappa shape index (κ3) is 8.43. The van der Waals surface area contributed by atoms with Gasteiger partial charge in [0.15, 0.2) is 0 Å². The maximum Gasteiger partial charge on any atom is 0.409 e. The van der Waals surface area contributed by atoms with Crippen LogP contribution in [0.25, 0.3) is 17.2 Å². The van der Waals surface area contributed by atoms with Crippen molar-refractivity contribution in [3.05, 3.63) is 59.2 Å². The fraction of sp³-hybridized carbons (Fsp3) is 0.500. The fourth-order valence-corrected chi connectivity index (χ4v) is 4.85. The van der Waals surface area contributed by atoms with Crippen LogP contribution in [0, 0.1) is 35.1 Å². The smallest absolute Gasteiger partial charge is 0.409 e. The van der Waals surface area contributed by atoms with Crippen LogP contribution < -0.4 is 4.74 Å². The highest BCUT2D eigenvalue weighted by Gasteiger charge is 2.34. The first kappa shape index (κ1) is 29.9. The van der Waals surface area contributed by atoms with E-state index >= 15 is 0 Å². The second-order valence-electron chi connectivity index (χ2n) is 9.80. The Balaban J connectivity index is 1.67. The lowest BCUT2D eigenvalue weighted by atomic mass is 9.78. The lowest BCUT2D eigenvalue weighted by molar-refractivity contribution is -0.183. The lowest BCUT2D eigenvalue weighted by Crippen LogP contribution is -2.26. The van der Waals surface area contributed by atoms with Crippen molar-refractivity contribution in [1.82, 2.24) is 0 Å². The molecule has 0 atom stereocenters. The van der Waals surface area contributed by atoms with Gasteiger partial charge in [-0.15, -0.1) is 0 Å². The third-order valence-corrected chi connectivity index (χ3v) is 6.87. The summed E-state index contributed by atoms with van der Waals surface area (Å²) < 4.78 is 128. The summed E-state index contributed by atoms with van der Waals surface area (Å²) >= 11 is 0. The predicted octanol–water partition coefficient (Wildman–Crippen LogP) is 10.2. The summed E-state index contributed by atoms with van der Waals surface area (Å²) in [6.45, 7) is 2.12. The zero-order chi connectivity index (χ0) is 28.1. The van der Waals surface area contributed by atoms with E-state index in [4.69, 9.17) is 0 Å². The second kappa shape index (κ2) is 12.5. The average molecular weight is 553 g/mol. The molecule has 2 aromatic rings. The van der Waals surface area contributed by atoms with Gasteiger partial charge in [-0.1, -0.05) is 51.9 Å². The third-order valence-electron chi connectivity index (χ3n) is 6.87. The molecule has 1 saturated carbocycles. The summed E-state index contributed by atoms with van der Waals surface area (Å²) in [6, 6.07) is 1.84. The Hall–Kier alpha value is -2.65. The second-order valence-corrected chi connectivity index (χ2v) is 9.80. The average Bonchev–Trinajstić information content (AvgIpc) is 2.80. The quantitative estimate of drug-likeness (QED) is 0.267. The molecule has 0 spiro atoms. The Morgan fingerprint density at radius 2 is 1.32 bits per heavy atom. The number of hydrogen-bond acceptors (Lipinski definition) is 1. The van der Waals surface area contributed by atoms with E-state index in [9.17, 15) is 39.5 Å². The summed E-state index contributed by atoms with van der Waals surface area (Å²) in [5.41, 5.74) is -2.66. The molecule has 38 heavy (non-hydrogen) atoms. The number of rotatable bonds is 10. The van der Waals surface area contributed by atoms with Crippen molar-refractivity contribution in [3.63, 3.8) is 0 Å². The van der Waals surface area contributed by atoms with E-state index in [1.54, 1.807) is 0 Å². The van der Waals surface area contributed by atoms with Gasteiger partial charge in [0.1, 0.15) is 29.0 Å². The molecule has 3 rings (SSSR count). The van der Waals surface area contributed by atoms with Crippen LogP contribution in [-0.2, 0) is 0 Å². The monoisotopic (exact) mass is 552 g/mol. The molecule has 10 heteroatoms. The van der Waals surface area contributed by atoms with Gasteiger partial charge in [-0.05, 0) is 42.0 Å². The molecular weight excluding hydrogens is 523 g/mol. The summed E-state index contributed by atoms with van der Waals surface area (Å²) in [6.07, 6.45) is -2.09. The van der Waals surface area contributed by atoms with Crippen LogP contribution in [0.1, 0.15) is 70.3 Å². The van der Waals surface area contributed by atoms with Crippen molar-refractivity contribution in [1.29, 1.82) is 0 Å². The molecule has 0 saturated heterocycles. The molecule has 0 aliphatic heterocycles. The zero-order valence-electron chi connectivity index (χ0n) is 20.8. The molecule has 0 aromatic heterocycles. The van der Waals surface area contributed by atoms with E-state index in [1.807, 2.05) is 0 Å². The molecule has 2 aromatic carbocycles. The fourth-order valence-electron chi connectivity index (χ4n) is 4.85. The number of benzene rings is 2. The van der Waals surface area contributed by atoms with Crippen LogP contribution in [0.2, 0.25) is 0 Å². The largest absolute Gasteiger partial charge is 0.432 e. The number of hydrogen-bond donors (Lipinski definition) is 0. The topological polar surface area (TPSA) is 9.23 Å². The standard InChI is InChI=1S/C28H29F9O/c1-2-3-4-17-5-7-18(8-6-17)9-12-28(36,37)38-20-15-24(31)26(25(32)16-20)19-13-22(29)21(23(30)14-19)10-11-27(33,34)35/h10-11,13-18H,2-9,12H2,1H3/b11-10+. The van der Waals surface area contributed by atoms with Crippen molar-refractivity contribution in [3.8, 4) is 16.9 Å². The van der Waals surface area contributed by atoms with E-state index in [1.165, 1.54) is 0 Å². The molecule has 0 radical (unpaired) electrons. The molecule has 1 nitrogen and oxygen atoms in total. The molecule has 1 fully saturated rings. The van der Waals surface area contributed by atoms with E-state index in [2.05, 4.69) is 11.7 Å². The number of halogens is 9.